The molecule has 0 aliphatic carbocycles. The van der Waals surface area contributed by atoms with Gasteiger partial charge in [-0.3, -0.25) is 14.5 Å². The number of likely N-dealkylation sites (N-methyl/N-ethyl adjacent to an activating group) is 1. The number of β-amino-alcohol motifs (C(OH)–C–C–N with tert-alkyl or cyclic N) is 1. The van der Waals surface area contributed by atoms with E-state index in [1.54, 1.807) is 35.7 Å². The summed E-state index contributed by atoms with van der Waals surface area (Å²) in [6.45, 7) is 1.99. The molecule has 15 heteroatoms. The van der Waals surface area contributed by atoms with Crippen LogP contribution >= 0.6 is 0 Å². The van der Waals surface area contributed by atoms with Gasteiger partial charge in [-0.15, -0.1) is 5.10 Å². The molecule has 12 nitrogen and oxygen atoms in total. The average molecular weight is 620 g/mol. The van der Waals surface area contributed by atoms with E-state index < -0.39 is 12.1 Å². The molecule has 0 bridgehead atoms. The number of hydrogen-bond donors (Lipinski definition) is 2. The van der Waals surface area contributed by atoms with Gasteiger partial charge in [0.25, 0.3) is 5.91 Å². The van der Waals surface area contributed by atoms with Crippen LogP contribution in [0.4, 0.5) is 24.5 Å². The van der Waals surface area contributed by atoms with Gasteiger partial charge in [-0.05, 0) is 61.4 Å². The maximum absolute atomic E-state index is 13.7. The largest absolute Gasteiger partial charge is 0.497 e. The van der Waals surface area contributed by atoms with Crippen molar-refractivity contribution in [3.8, 4) is 17.3 Å². The van der Waals surface area contributed by atoms with Crippen LogP contribution in [-0.2, 0) is 16.0 Å². The number of carbonyl (C=O) groups is 3. The Labute approximate surface area is 250 Å². The first-order valence-corrected chi connectivity index (χ1v) is 13.5. The molecular formula is C29H32F3N5O7. The normalized spacial score (nSPS) is 16.6. The minimum Gasteiger partial charge on any atom is -0.497 e. The van der Waals surface area contributed by atoms with Crippen molar-refractivity contribution < 1.29 is 47.2 Å². The number of aromatic nitrogens is 2. The Morgan fingerprint density at radius 2 is 1.64 bits per heavy atom. The van der Waals surface area contributed by atoms with Crippen LogP contribution in [-0.4, -0.2) is 102 Å². The number of alkyl halides is 3. The molecule has 3 heterocycles. The molecule has 236 valence electrons. The lowest BCUT2D eigenvalue weighted by molar-refractivity contribution is -0.192. The first kappa shape index (κ1) is 32.3. The Bertz CT molecular complexity index is 1490. The summed E-state index contributed by atoms with van der Waals surface area (Å²) in [5.74, 6) is -1.81. The molecule has 5 rings (SSSR count). The molecule has 3 aromatic rings. The van der Waals surface area contributed by atoms with E-state index in [0.717, 1.165) is 29.2 Å². The number of ether oxygens (including phenoxy) is 2. The number of nitrogens with zero attached hydrogens (tertiary/aromatic N) is 5. The van der Waals surface area contributed by atoms with Gasteiger partial charge in [0.05, 0.1) is 32.6 Å². The van der Waals surface area contributed by atoms with Crippen molar-refractivity contribution in [2.45, 2.75) is 25.1 Å². The van der Waals surface area contributed by atoms with Crippen molar-refractivity contribution in [1.82, 2.24) is 14.7 Å². The van der Waals surface area contributed by atoms with Crippen LogP contribution in [0.3, 0.4) is 0 Å². The fourth-order valence-corrected chi connectivity index (χ4v) is 4.90. The second kappa shape index (κ2) is 13.3. The lowest BCUT2D eigenvalue weighted by Crippen LogP contribution is -2.39. The van der Waals surface area contributed by atoms with Crippen molar-refractivity contribution in [3.63, 3.8) is 0 Å². The molecule has 2 N–H and O–H groups in total. The van der Waals surface area contributed by atoms with Crippen LogP contribution in [0.2, 0.25) is 0 Å². The molecule has 0 spiro atoms. The number of rotatable bonds is 7. The molecule has 44 heavy (non-hydrogen) atoms. The van der Waals surface area contributed by atoms with Crippen molar-refractivity contribution in [1.29, 1.82) is 0 Å². The van der Waals surface area contributed by atoms with Crippen LogP contribution in [0.1, 0.15) is 22.5 Å². The molecule has 1 atom stereocenters. The highest BCUT2D eigenvalue weighted by atomic mass is 19.4. The predicted molar refractivity (Wildman–Crippen MR) is 153 cm³/mol. The quantitative estimate of drug-likeness (QED) is 0.409. The summed E-state index contributed by atoms with van der Waals surface area (Å²) in [7, 11) is 4.90. The summed E-state index contributed by atoms with van der Waals surface area (Å²) in [4.78, 5) is 40.6. The van der Waals surface area contributed by atoms with Gasteiger partial charge < -0.3 is 29.5 Å². The third-order valence-electron chi connectivity index (χ3n) is 7.26. The van der Waals surface area contributed by atoms with E-state index in [2.05, 4.69) is 5.10 Å². The molecule has 1 saturated heterocycles. The molecule has 0 radical (unpaired) electrons. The van der Waals surface area contributed by atoms with Crippen molar-refractivity contribution in [2.24, 2.45) is 0 Å². The number of carbonyl (C=O) groups excluding carboxylic acids is 2. The number of methoxy groups -OCH3 is 2. The van der Waals surface area contributed by atoms with Crippen molar-refractivity contribution in [2.75, 3.05) is 57.2 Å². The lowest BCUT2D eigenvalue weighted by atomic mass is 10.0. The number of carboxylic acids is 1. The van der Waals surface area contributed by atoms with Gasteiger partial charge in [0, 0.05) is 43.6 Å². The molecule has 2 aliphatic heterocycles. The minimum atomic E-state index is -5.08. The predicted octanol–water partition coefficient (Wildman–Crippen LogP) is 2.76. The van der Waals surface area contributed by atoms with Crippen LogP contribution in [0.15, 0.2) is 48.5 Å². The number of halogens is 3. The number of likely N-dealkylation sites (tertiary alicyclic amines) is 1. The molecular weight excluding hydrogens is 587 g/mol. The number of carboxylic acid groups (broad SMARTS) is 1. The van der Waals surface area contributed by atoms with Crippen LogP contribution in [0.25, 0.3) is 5.69 Å². The maximum atomic E-state index is 13.7. The third-order valence-corrected chi connectivity index (χ3v) is 7.26. The molecule has 2 aliphatic rings. The summed E-state index contributed by atoms with van der Waals surface area (Å²) in [6.07, 6.45) is -4.15. The summed E-state index contributed by atoms with van der Waals surface area (Å²) >= 11 is 0. The fraction of sp³-hybridized carbons (Fsp3) is 0.379. The van der Waals surface area contributed by atoms with Gasteiger partial charge >= 0.3 is 12.1 Å². The van der Waals surface area contributed by atoms with Crippen LogP contribution < -0.4 is 19.3 Å². The molecule has 2 amide bonds. The van der Waals surface area contributed by atoms with Crippen LogP contribution in [0, 0.1) is 0 Å². The number of aliphatic hydroxyl groups excluding tert-OH is 1. The van der Waals surface area contributed by atoms with Gasteiger partial charge in [0.15, 0.2) is 0 Å². The molecule has 2 aromatic carbocycles. The number of anilines is 2. The number of benzene rings is 2. The van der Waals surface area contributed by atoms with Crippen molar-refractivity contribution in [3.05, 3.63) is 59.8 Å². The Kier molecular flexibility index (Phi) is 9.79. The maximum Gasteiger partial charge on any atom is 0.490 e. The highest BCUT2D eigenvalue weighted by Crippen LogP contribution is 2.33. The number of hydrogen-bond acceptors (Lipinski definition) is 8. The number of aliphatic hydroxyl groups is 1. The lowest BCUT2D eigenvalue weighted by Gasteiger charge is -2.28. The topological polar surface area (TPSA) is 138 Å². The fourth-order valence-electron chi connectivity index (χ4n) is 4.90. The first-order valence-electron chi connectivity index (χ1n) is 13.5. The SMILES string of the molecule is COc1ccc(-n2nc(OC)c3c2C(=O)N(c2ccc(N(C)C(=O)CN4CCC(O)C4)cc2)CC3)cc1.O=C(O)C(F)(F)F. The smallest absolute Gasteiger partial charge is 0.490 e. The zero-order chi connectivity index (χ0) is 32.2. The summed E-state index contributed by atoms with van der Waals surface area (Å²) < 4.78 is 44.1. The van der Waals surface area contributed by atoms with Gasteiger partial charge in [-0.2, -0.15) is 13.2 Å². The van der Waals surface area contributed by atoms with E-state index in [1.165, 1.54) is 0 Å². The number of aliphatic carboxylic acids is 1. The number of amides is 2. The Hall–Kier alpha value is -4.63. The average Bonchev–Trinajstić information content (AvgIpc) is 3.60. The zero-order valence-electron chi connectivity index (χ0n) is 24.2. The van der Waals surface area contributed by atoms with Gasteiger partial charge in [-0.1, -0.05) is 0 Å². The monoisotopic (exact) mass is 619 g/mol. The molecule has 1 aromatic heterocycles. The molecule has 1 fully saturated rings. The van der Waals surface area contributed by atoms with E-state index in [0.29, 0.717) is 43.3 Å². The Balaban J connectivity index is 0.000000566. The first-order chi connectivity index (χ1) is 20.8. The number of fused-ring (bicyclic) bond motifs is 1. The third kappa shape index (κ3) is 7.11. The second-order valence-electron chi connectivity index (χ2n) is 10.1. The van der Waals surface area contributed by atoms with Crippen molar-refractivity contribution >= 4 is 29.2 Å². The standard InChI is InChI=1S/C27H31N5O5.C2HF3O2/c1-29(24(34)17-30-14-12-21(33)16-30)18-4-6-19(7-5-18)31-15-13-23-25(27(31)35)32(28-26(23)37-3)20-8-10-22(36-2)11-9-20;3-2(4,5)1(6)7/h4-11,21,33H,12-17H2,1-3H3;(H,6,7). The minimum absolute atomic E-state index is 0.0453. The van der Waals surface area contributed by atoms with E-state index in [4.69, 9.17) is 19.4 Å². The summed E-state index contributed by atoms with van der Waals surface area (Å²) in [6, 6.07) is 14.7. The Morgan fingerprint density at radius 1 is 1.02 bits per heavy atom. The Morgan fingerprint density at radius 3 is 2.16 bits per heavy atom. The zero-order valence-corrected chi connectivity index (χ0v) is 24.2. The van der Waals surface area contributed by atoms with Crippen LogP contribution in [0.5, 0.6) is 11.6 Å². The molecule has 0 saturated carbocycles. The highest BCUT2D eigenvalue weighted by molar-refractivity contribution is 6.08. The van der Waals surface area contributed by atoms with E-state index >= 15 is 0 Å². The van der Waals surface area contributed by atoms with Gasteiger partial charge in [0.2, 0.25) is 11.8 Å². The van der Waals surface area contributed by atoms with Gasteiger partial charge in [0.1, 0.15) is 11.4 Å². The molecule has 1 unspecified atom stereocenters. The van der Waals surface area contributed by atoms with E-state index in [-0.39, 0.29) is 24.5 Å². The van der Waals surface area contributed by atoms with E-state index in [1.807, 2.05) is 53.4 Å². The van der Waals surface area contributed by atoms with E-state index in [9.17, 15) is 27.9 Å². The summed E-state index contributed by atoms with van der Waals surface area (Å²) in [5, 5.41) is 21.4. The highest BCUT2D eigenvalue weighted by Gasteiger charge is 2.38. The second-order valence-corrected chi connectivity index (χ2v) is 10.1. The summed E-state index contributed by atoms with van der Waals surface area (Å²) in [5.41, 5.74) is 3.47. The van der Waals surface area contributed by atoms with Gasteiger partial charge in [-0.25, -0.2) is 9.48 Å².